The molecule has 0 heterocycles. The number of amides is 1. The number of benzene rings is 1. The second-order valence-electron chi connectivity index (χ2n) is 5.14. The molecule has 0 aromatic heterocycles. The molecule has 1 aliphatic carbocycles. The monoisotopic (exact) mass is 259 g/mol. The maximum Gasteiger partial charge on any atom is 0.224 e. The lowest BCUT2D eigenvalue weighted by Gasteiger charge is -2.12. The van der Waals surface area contributed by atoms with Crippen LogP contribution in [0.1, 0.15) is 49.7 Å². The lowest BCUT2D eigenvalue weighted by Crippen LogP contribution is -2.18. The molecule has 1 aromatic rings. The van der Waals surface area contributed by atoms with Crippen molar-refractivity contribution < 1.29 is 9.53 Å². The molecule has 0 aliphatic heterocycles. The maximum atomic E-state index is 11.3. The normalized spacial score (nSPS) is 16.2. The van der Waals surface area contributed by atoms with Crippen molar-refractivity contribution in [2.75, 3.05) is 7.11 Å². The van der Waals surface area contributed by atoms with Gasteiger partial charge < -0.3 is 10.5 Å². The van der Waals surface area contributed by atoms with Crippen molar-refractivity contribution in [2.24, 2.45) is 5.73 Å². The van der Waals surface area contributed by atoms with Crippen LogP contribution >= 0.6 is 0 Å². The van der Waals surface area contributed by atoms with Crippen LogP contribution in [-0.2, 0) is 4.79 Å². The largest absolute Gasteiger partial charge is 0.496 e. The number of rotatable bonds is 4. The van der Waals surface area contributed by atoms with Gasteiger partial charge in [0.05, 0.1) is 13.0 Å². The number of methoxy groups -OCH3 is 1. The van der Waals surface area contributed by atoms with Crippen LogP contribution in [0.3, 0.4) is 0 Å². The molecular weight excluding hydrogens is 238 g/mol. The summed E-state index contributed by atoms with van der Waals surface area (Å²) in [6.45, 7) is 1.83. The van der Waals surface area contributed by atoms with E-state index in [-0.39, 0.29) is 11.8 Å². The zero-order chi connectivity index (χ0) is 13.8. The second-order valence-corrected chi connectivity index (χ2v) is 5.14. The molecule has 1 fully saturated rings. The van der Waals surface area contributed by atoms with E-state index in [2.05, 4.69) is 6.08 Å². The molecule has 3 heteroatoms. The van der Waals surface area contributed by atoms with E-state index in [4.69, 9.17) is 10.5 Å². The Hall–Kier alpha value is -1.77. The van der Waals surface area contributed by atoms with Crippen LogP contribution in [0.5, 0.6) is 5.75 Å². The van der Waals surface area contributed by atoms with Gasteiger partial charge in [0.15, 0.2) is 0 Å². The topological polar surface area (TPSA) is 52.3 Å². The van der Waals surface area contributed by atoms with Gasteiger partial charge >= 0.3 is 0 Å². The molecule has 0 spiro atoms. The first-order valence-corrected chi connectivity index (χ1v) is 6.78. The zero-order valence-corrected chi connectivity index (χ0v) is 11.6. The Morgan fingerprint density at radius 2 is 2.05 bits per heavy atom. The lowest BCUT2D eigenvalue weighted by molar-refractivity contribution is -0.119. The molecule has 0 saturated heterocycles. The minimum Gasteiger partial charge on any atom is -0.496 e. The highest BCUT2D eigenvalue weighted by Gasteiger charge is 2.14. The summed E-state index contributed by atoms with van der Waals surface area (Å²) in [5.74, 6) is 0.274. The first kappa shape index (κ1) is 13.7. The average Bonchev–Trinajstić information content (AvgIpc) is 2.90. The van der Waals surface area contributed by atoms with Crippen LogP contribution < -0.4 is 10.5 Å². The van der Waals surface area contributed by atoms with Crippen molar-refractivity contribution in [3.05, 3.63) is 34.9 Å². The summed E-state index contributed by atoms with van der Waals surface area (Å²) >= 11 is 0. The van der Waals surface area contributed by atoms with E-state index >= 15 is 0 Å². The molecule has 1 aliphatic rings. The van der Waals surface area contributed by atoms with Crippen molar-refractivity contribution in [3.8, 4) is 5.75 Å². The third-order valence-corrected chi connectivity index (χ3v) is 3.79. The molecule has 3 nitrogen and oxygen atoms in total. The number of ether oxygens (including phenoxy) is 1. The molecule has 1 saturated carbocycles. The molecule has 0 radical (unpaired) electrons. The number of carbonyl (C=O) groups excluding carboxylic acids is 1. The molecule has 0 bridgehead atoms. The second kappa shape index (κ2) is 5.91. The highest BCUT2D eigenvalue weighted by molar-refractivity contribution is 5.82. The molecule has 2 N–H and O–H groups in total. The van der Waals surface area contributed by atoms with Gasteiger partial charge in [0, 0.05) is 5.56 Å². The summed E-state index contributed by atoms with van der Waals surface area (Å²) in [6.07, 6.45) is 7.07. The summed E-state index contributed by atoms with van der Waals surface area (Å²) in [4.78, 5) is 11.3. The van der Waals surface area contributed by atoms with Crippen LogP contribution in [0, 0.1) is 0 Å². The van der Waals surface area contributed by atoms with Gasteiger partial charge in [-0.3, -0.25) is 4.79 Å². The SMILES string of the molecule is COc1ccc(C(C)C(N)=O)cc1C=C1CCCC1. The average molecular weight is 259 g/mol. The predicted octanol–water partition coefficient (Wildman–Crippen LogP) is 3.24. The fourth-order valence-corrected chi connectivity index (χ4v) is 2.49. The van der Waals surface area contributed by atoms with Crippen LogP contribution in [0.2, 0.25) is 0 Å². The first-order valence-electron chi connectivity index (χ1n) is 6.78. The molecule has 1 atom stereocenters. The first-order chi connectivity index (χ1) is 9.11. The lowest BCUT2D eigenvalue weighted by atomic mass is 9.97. The van der Waals surface area contributed by atoms with Gasteiger partial charge in [0.25, 0.3) is 0 Å². The third kappa shape index (κ3) is 3.16. The highest BCUT2D eigenvalue weighted by Crippen LogP contribution is 2.31. The van der Waals surface area contributed by atoms with E-state index in [1.807, 2.05) is 25.1 Å². The third-order valence-electron chi connectivity index (χ3n) is 3.79. The van der Waals surface area contributed by atoms with E-state index in [9.17, 15) is 4.79 Å². The summed E-state index contributed by atoms with van der Waals surface area (Å²) in [5.41, 5.74) is 8.82. The van der Waals surface area contributed by atoms with E-state index in [1.54, 1.807) is 7.11 Å². The summed E-state index contributed by atoms with van der Waals surface area (Å²) in [7, 11) is 1.67. The standard InChI is InChI=1S/C16H21NO2/c1-11(16(17)18)13-7-8-15(19-2)14(10-13)9-12-5-3-4-6-12/h7-11H,3-6H2,1-2H3,(H2,17,18). The van der Waals surface area contributed by atoms with Gasteiger partial charge in [-0.1, -0.05) is 17.7 Å². The molecule has 1 amide bonds. The predicted molar refractivity (Wildman–Crippen MR) is 77.0 cm³/mol. The fraction of sp³-hybridized carbons (Fsp3) is 0.438. The highest BCUT2D eigenvalue weighted by atomic mass is 16.5. The van der Waals surface area contributed by atoms with Crippen LogP contribution in [0.25, 0.3) is 6.08 Å². The molecule has 1 aromatic carbocycles. The maximum absolute atomic E-state index is 11.3. The van der Waals surface area contributed by atoms with Crippen LogP contribution in [0.15, 0.2) is 23.8 Å². The van der Waals surface area contributed by atoms with Crippen molar-refractivity contribution in [1.82, 2.24) is 0 Å². The van der Waals surface area contributed by atoms with Gasteiger partial charge in [-0.15, -0.1) is 0 Å². The molecular formula is C16H21NO2. The molecule has 19 heavy (non-hydrogen) atoms. The van der Waals surface area contributed by atoms with Crippen molar-refractivity contribution >= 4 is 12.0 Å². The van der Waals surface area contributed by atoms with Gasteiger partial charge in [-0.05, 0) is 50.3 Å². The van der Waals surface area contributed by atoms with Crippen molar-refractivity contribution in [1.29, 1.82) is 0 Å². The van der Waals surface area contributed by atoms with E-state index in [0.717, 1.165) is 16.9 Å². The number of hydrogen-bond donors (Lipinski definition) is 1. The minimum atomic E-state index is -0.301. The summed E-state index contributed by atoms with van der Waals surface area (Å²) < 4.78 is 5.39. The van der Waals surface area contributed by atoms with E-state index in [1.165, 1.54) is 31.3 Å². The van der Waals surface area contributed by atoms with Gasteiger partial charge in [0.2, 0.25) is 5.91 Å². The Labute approximate surface area is 114 Å². The Balaban J connectivity index is 2.36. The fourth-order valence-electron chi connectivity index (χ4n) is 2.49. The number of carbonyl (C=O) groups is 1. The van der Waals surface area contributed by atoms with E-state index < -0.39 is 0 Å². The number of hydrogen-bond acceptors (Lipinski definition) is 2. The summed E-state index contributed by atoms with van der Waals surface area (Å²) in [6, 6.07) is 5.83. The Morgan fingerprint density at radius 3 is 2.63 bits per heavy atom. The van der Waals surface area contributed by atoms with Crippen LogP contribution in [0.4, 0.5) is 0 Å². The quantitative estimate of drug-likeness (QED) is 0.902. The number of allylic oxidation sites excluding steroid dienone is 1. The van der Waals surface area contributed by atoms with Gasteiger partial charge in [-0.2, -0.15) is 0 Å². The van der Waals surface area contributed by atoms with E-state index in [0.29, 0.717) is 0 Å². The zero-order valence-electron chi connectivity index (χ0n) is 11.6. The molecule has 1 unspecified atom stereocenters. The molecule has 2 rings (SSSR count). The number of primary amides is 1. The number of nitrogens with two attached hydrogens (primary N) is 1. The van der Waals surface area contributed by atoms with Gasteiger partial charge in [-0.25, -0.2) is 0 Å². The Bertz CT molecular complexity index is 497. The Morgan fingerprint density at radius 1 is 1.37 bits per heavy atom. The van der Waals surface area contributed by atoms with Crippen LogP contribution in [-0.4, -0.2) is 13.0 Å². The van der Waals surface area contributed by atoms with Crippen molar-refractivity contribution in [3.63, 3.8) is 0 Å². The minimum absolute atomic E-state index is 0.272. The van der Waals surface area contributed by atoms with Crippen molar-refractivity contribution in [2.45, 2.75) is 38.5 Å². The Kier molecular flexibility index (Phi) is 4.25. The van der Waals surface area contributed by atoms with Gasteiger partial charge in [0.1, 0.15) is 5.75 Å². The smallest absolute Gasteiger partial charge is 0.224 e. The molecule has 102 valence electrons. The summed E-state index contributed by atoms with van der Waals surface area (Å²) in [5, 5.41) is 0.